The summed E-state index contributed by atoms with van der Waals surface area (Å²) in [6, 6.07) is 1.70. The van der Waals surface area contributed by atoms with Crippen molar-refractivity contribution in [3.63, 3.8) is 0 Å². The van der Waals surface area contributed by atoms with E-state index in [1.165, 1.54) is 0 Å². The molecule has 0 amide bonds. The summed E-state index contributed by atoms with van der Waals surface area (Å²) in [6.45, 7) is 0.162. The molecule has 5 nitrogen and oxygen atoms in total. The van der Waals surface area contributed by atoms with Gasteiger partial charge in [0.05, 0.1) is 19.7 Å². The number of nitrogens with one attached hydrogen (secondary N) is 1. The number of hydrogen-bond donors (Lipinski definition) is 2. The van der Waals surface area contributed by atoms with Crippen molar-refractivity contribution in [3.05, 3.63) is 17.6 Å². The molecule has 1 rings (SSSR count). The quantitative estimate of drug-likeness (QED) is 0.818. The number of aryl methyl sites for hydroxylation is 1. The first kappa shape index (κ1) is 15.6. The van der Waals surface area contributed by atoms with Crippen LogP contribution in [0, 0.1) is 6.92 Å². The van der Waals surface area contributed by atoms with E-state index in [0.717, 1.165) is 4.90 Å². The Bertz CT molecular complexity index is 411. The van der Waals surface area contributed by atoms with Crippen LogP contribution in [-0.2, 0) is 6.54 Å². The first-order chi connectivity index (χ1) is 8.84. The summed E-state index contributed by atoms with van der Waals surface area (Å²) in [5.74, 6) is 0.848. The van der Waals surface area contributed by atoms with Crippen molar-refractivity contribution in [2.24, 2.45) is 0 Å². The van der Waals surface area contributed by atoms with E-state index in [1.807, 2.05) is 0 Å². The molecule has 0 aliphatic heterocycles. The van der Waals surface area contributed by atoms with Gasteiger partial charge in [0, 0.05) is 25.4 Å². The van der Waals surface area contributed by atoms with Crippen molar-refractivity contribution >= 4 is 5.82 Å². The topological polar surface area (TPSA) is 61.3 Å². The fourth-order valence-electron chi connectivity index (χ4n) is 1.64. The smallest absolute Gasteiger partial charge is 0.395 e. The molecule has 19 heavy (non-hydrogen) atoms. The van der Waals surface area contributed by atoms with E-state index in [4.69, 9.17) is 5.11 Å². The van der Waals surface area contributed by atoms with Gasteiger partial charge >= 0.3 is 6.18 Å². The van der Waals surface area contributed by atoms with Crippen LogP contribution in [0.1, 0.15) is 11.5 Å². The Balaban J connectivity index is 2.80. The van der Waals surface area contributed by atoms with E-state index in [9.17, 15) is 13.2 Å². The number of hydrogen-bond acceptors (Lipinski definition) is 5. The molecule has 0 radical (unpaired) electrons. The van der Waals surface area contributed by atoms with E-state index in [0.29, 0.717) is 17.3 Å². The number of aromatic nitrogens is 2. The Labute approximate surface area is 109 Å². The molecule has 1 aromatic heterocycles. The lowest BCUT2D eigenvalue weighted by atomic mass is 10.3. The molecule has 0 fully saturated rings. The molecule has 0 unspecified atom stereocenters. The fraction of sp³-hybridized carbons (Fsp3) is 0.636. The standard InChI is InChI=1S/C11H17F3N4O/c1-8-5-9(15-2)17-10(16-8)6-18(3-4-19)7-11(12,13)14/h5,19H,3-4,6-7H2,1-2H3,(H,15,16,17). The zero-order valence-corrected chi connectivity index (χ0v) is 10.8. The van der Waals surface area contributed by atoms with E-state index in [1.54, 1.807) is 20.0 Å². The van der Waals surface area contributed by atoms with Crippen LogP contribution in [0.4, 0.5) is 19.0 Å². The van der Waals surface area contributed by atoms with Crippen molar-refractivity contribution in [2.45, 2.75) is 19.6 Å². The van der Waals surface area contributed by atoms with Crippen LogP contribution < -0.4 is 5.32 Å². The van der Waals surface area contributed by atoms with Crippen molar-refractivity contribution in [2.75, 3.05) is 32.1 Å². The van der Waals surface area contributed by atoms with Gasteiger partial charge < -0.3 is 10.4 Å². The van der Waals surface area contributed by atoms with Gasteiger partial charge in [0.25, 0.3) is 0 Å². The van der Waals surface area contributed by atoms with Crippen LogP contribution in [0.3, 0.4) is 0 Å². The van der Waals surface area contributed by atoms with Crippen molar-refractivity contribution in [1.29, 1.82) is 0 Å². The third-order valence-corrected chi connectivity index (χ3v) is 2.34. The summed E-state index contributed by atoms with van der Waals surface area (Å²) >= 11 is 0. The van der Waals surface area contributed by atoms with Gasteiger partial charge in [-0.25, -0.2) is 9.97 Å². The molecule has 0 atom stereocenters. The highest BCUT2D eigenvalue weighted by atomic mass is 19.4. The van der Waals surface area contributed by atoms with Gasteiger partial charge in [-0.15, -0.1) is 0 Å². The van der Waals surface area contributed by atoms with Gasteiger partial charge in [-0.3, -0.25) is 4.90 Å². The van der Waals surface area contributed by atoms with Crippen LogP contribution >= 0.6 is 0 Å². The van der Waals surface area contributed by atoms with Crippen LogP contribution in [-0.4, -0.2) is 52.9 Å². The van der Waals surface area contributed by atoms with E-state index in [-0.39, 0.29) is 19.7 Å². The number of alkyl halides is 3. The zero-order chi connectivity index (χ0) is 14.5. The minimum absolute atomic E-state index is 0.0591. The van der Waals surface area contributed by atoms with Gasteiger partial charge in [-0.1, -0.05) is 0 Å². The summed E-state index contributed by atoms with van der Waals surface area (Å²) in [6.07, 6.45) is -4.31. The largest absolute Gasteiger partial charge is 0.401 e. The fourth-order valence-corrected chi connectivity index (χ4v) is 1.64. The van der Waals surface area contributed by atoms with Crippen LogP contribution in [0.25, 0.3) is 0 Å². The van der Waals surface area contributed by atoms with Gasteiger partial charge in [0.15, 0.2) is 0 Å². The molecule has 8 heteroatoms. The Morgan fingerprint density at radius 1 is 1.37 bits per heavy atom. The average Bonchev–Trinajstić information content (AvgIpc) is 2.26. The van der Waals surface area contributed by atoms with Crippen molar-refractivity contribution in [3.8, 4) is 0 Å². The van der Waals surface area contributed by atoms with Gasteiger partial charge in [0.1, 0.15) is 11.6 Å². The number of rotatable bonds is 6. The van der Waals surface area contributed by atoms with Crippen molar-refractivity contribution < 1.29 is 18.3 Å². The highest BCUT2D eigenvalue weighted by molar-refractivity contribution is 5.34. The maximum absolute atomic E-state index is 12.4. The minimum Gasteiger partial charge on any atom is -0.395 e. The molecule has 1 aromatic rings. The number of aliphatic hydroxyl groups is 1. The average molecular weight is 278 g/mol. The lowest BCUT2D eigenvalue weighted by Crippen LogP contribution is -2.36. The Morgan fingerprint density at radius 2 is 2.05 bits per heavy atom. The Morgan fingerprint density at radius 3 is 2.58 bits per heavy atom. The van der Waals surface area contributed by atoms with Gasteiger partial charge in [-0.05, 0) is 6.92 Å². The molecule has 0 saturated heterocycles. The second kappa shape index (κ2) is 6.67. The molecule has 0 aliphatic carbocycles. The zero-order valence-electron chi connectivity index (χ0n) is 10.8. The molecule has 2 N–H and O–H groups in total. The molecule has 0 bridgehead atoms. The van der Waals surface area contributed by atoms with Crippen LogP contribution in [0.15, 0.2) is 6.07 Å². The normalized spacial score (nSPS) is 11.9. The number of halogens is 3. The molecular weight excluding hydrogens is 261 g/mol. The molecule has 108 valence electrons. The highest BCUT2D eigenvalue weighted by Crippen LogP contribution is 2.17. The maximum Gasteiger partial charge on any atom is 0.401 e. The summed E-state index contributed by atoms with van der Waals surface area (Å²) < 4.78 is 37.1. The lowest BCUT2D eigenvalue weighted by Gasteiger charge is -2.22. The maximum atomic E-state index is 12.4. The highest BCUT2D eigenvalue weighted by Gasteiger charge is 2.30. The molecule has 0 aromatic carbocycles. The third-order valence-electron chi connectivity index (χ3n) is 2.34. The first-order valence-corrected chi connectivity index (χ1v) is 5.76. The SMILES string of the molecule is CNc1cc(C)nc(CN(CCO)CC(F)(F)F)n1. The summed E-state index contributed by atoms with van der Waals surface area (Å²) in [5, 5.41) is 11.6. The summed E-state index contributed by atoms with van der Waals surface area (Å²) in [5.41, 5.74) is 0.672. The van der Waals surface area contributed by atoms with E-state index >= 15 is 0 Å². The lowest BCUT2D eigenvalue weighted by molar-refractivity contribution is -0.148. The predicted molar refractivity (Wildman–Crippen MR) is 64.7 cm³/mol. The van der Waals surface area contributed by atoms with Gasteiger partial charge in [0.2, 0.25) is 0 Å². The molecule has 1 heterocycles. The molecular formula is C11H17F3N4O. The monoisotopic (exact) mass is 278 g/mol. The van der Waals surface area contributed by atoms with E-state index in [2.05, 4.69) is 15.3 Å². The van der Waals surface area contributed by atoms with Gasteiger partial charge in [-0.2, -0.15) is 13.2 Å². The first-order valence-electron chi connectivity index (χ1n) is 5.76. The van der Waals surface area contributed by atoms with Crippen LogP contribution in [0.2, 0.25) is 0 Å². The number of anilines is 1. The molecule has 0 saturated carbocycles. The Kier molecular flexibility index (Phi) is 5.49. The predicted octanol–water partition coefficient (Wildman–Crippen LogP) is 1.18. The third kappa shape index (κ3) is 5.84. The summed E-state index contributed by atoms with van der Waals surface area (Å²) in [7, 11) is 1.67. The number of nitrogens with zero attached hydrogens (tertiary/aromatic N) is 3. The second-order valence-electron chi connectivity index (χ2n) is 4.11. The van der Waals surface area contributed by atoms with Crippen LogP contribution in [0.5, 0.6) is 0 Å². The second-order valence-corrected chi connectivity index (χ2v) is 4.11. The Hall–Kier alpha value is -1.41. The molecule has 0 aliphatic rings. The number of aliphatic hydroxyl groups excluding tert-OH is 1. The summed E-state index contributed by atoms with van der Waals surface area (Å²) in [4.78, 5) is 9.25. The minimum atomic E-state index is -4.31. The van der Waals surface area contributed by atoms with E-state index < -0.39 is 12.7 Å². The van der Waals surface area contributed by atoms with Crippen molar-refractivity contribution in [1.82, 2.24) is 14.9 Å². The molecule has 0 spiro atoms.